The van der Waals surface area contributed by atoms with Crippen molar-refractivity contribution < 1.29 is 33.3 Å². The van der Waals surface area contributed by atoms with Gasteiger partial charge in [-0.3, -0.25) is 19.3 Å². The average molecular weight is 409 g/mol. The highest BCUT2D eigenvalue weighted by atomic mass is 32.2. The van der Waals surface area contributed by atoms with Crippen LogP contribution in [0.1, 0.15) is 26.3 Å². The van der Waals surface area contributed by atoms with Crippen molar-refractivity contribution in [2.75, 3.05) is 27.9 Å². The van der Waals surface area contributed by atoms with E-state index in [4.69, 9.17) is 18.9 Å². The molecule has 0 spiro atoms. The molecule has 28 heavy (non-hydrogen) atoms. The van der Waals surface area contributed by atoms with Gasteiger partial charge in [-0.2, -0.15) is 0 Å². The summed E-state index contributed by atoms with van der Waals surface area (Å²) in [6, 6.07) is 3.35. The van der Waals surface area contributed by atoms with Crippen LogP contribution in [-0.2, 0) is 14.3 Å². The van der Waals surface area contributed by atoms with E-state index in [9.17, 15) is 14.4 Å². The number of methoxy groups -OCH3 is 3. The molecular formula is C19H23NO7S. The van der Waals surface area contributed by atoms with Gasteiger partial charge < -0.3 is 18.9 Å². The van der Waals surface area contributed by atoms with Gasteiger partial charge in [0.2, 0.25) is 5.75 Å². The number of esters is 1. The van der Waals surface area contributed by atoms with E-state index in [1.807, 2.05) is 0 Å². The normalized spacial score (nSPS) is 15.8. The van der Waals surface area contributed by atoms with Gasteiger partial charge >= 0.3 is 5.97 Å². The van der Waals surface area contributed by atoms with Gasteiger partial charge in [0, 0.05) is 5.56 Å². The third-order valence-corrected chi connectivity index (χ3v) is 4.51. The summed E-state index contributed by atoms with van der Waals surface area (Å²) in [5, 5.41) is -0.540. The molecule has 1 saturated heterocycles. The second kappa shape index (κ2) is 8.55. The topological polar surface area (TPSA) is 91.4 Å². The third kappa shape index (κ3) is 4.78. The van der Waals surface area contributed by atoms with Crippen LogP contribution in [0, 0.1) is 0 Å². The van der Waals surface area contributed by atoms with Gasteiger partial charge in [0.05, 0.1) is 26.2 Å². The van der Waals surface area contributed by atoms with Crippen molar-refractivity contribution in [3.63, 3.8) is 0 Å². The van der Waals surface area contributed by atoms with Crippen LogP contribution in [0.3, 0.4) is 0 Å². The lowest BCUT2D eigenvalue weighted by Crippen LogP contribution is -2.37. The Labute approximate surface area is 167 Å². The first kappa shape index (κ1) is 21.6. The highest BCUT2D eigenvalue weighted by Crippen LogP contribution is 2.42. The lowest BCUT2D eigenvalue weighted by atomic mass is 10.1. The van der Waals surface area contributed by atoms with Gasteiger partial charge in [0.1, 0.15) is 12.1 Å². The quantitative estimate of drug-likeness (QED) is 0.523. The number of hydrogen-bond donors (Lipinski definition) is 0. The molecule has 2 amide bonds. The van der Waals surface area contributed by atoms with E-state index >= 15 is 0 Å². The van der Waals surface area contributed by atoms with Crippen molar-refractivity contribution in [2.45, 2.75) is 26.4 Å². The highest BCUT2D eigenvalue weighted by Gasteiger charge is 2.37. The molecule has 0 unspecified atom stereocenters. The molecule has 0 saturated carbocycles. The Morgan fingerprint density at radius 2 is 1.71 bits per heavy atom. The Hall–Kier alpha value is -2.68. The van der Waals surface area contributed by atoms with E-state index in [0.29, 0.717) is 22.8 Å². The zero-order valence-electron chi connectivity index (χ0n) is 16.7. The molecule has 0 aliphatic carbocycles. The molecule has 1 aliphatic rings. The zero-order chi connectivity index (χ0) is 21.1. The highest BCUT2D eigenvalue weighted by molar-refractivity contribution is 8.18. The number of ether oxygens (including phenoxy) is 4. The average Bonchev–Trinajstić information content (AvgIpc) is 2.87. The van der Waals surface area contributed by atoms with Crippen LogP contribution in [-0.4, -0.2) is 55.5 Å². The molecule has 1 aromatic carbocycles. The summed E-state index contributed by atoms with van der Waals surface area (Å²) in [6.45, 7) is 4.69. The fraction of sp³-hybridized carbons (Fsp3) is 0.421. The van der Waals surface area contributed by atoms with E-state index in [1.165, 1.54) is 27.4 Å². The molecule has 1 fully saturated rings. The van der Waals surface area contributed by atoms with Crippen LogP contribution in [0.25, 0.3) is 6.08 Å². The van der Waals surface area contributed by atoms with Crippen LogP contribution >= 0.6 is 11.8 Å². The summed E-state index contributed by atoms with van der Waals surface area (Å²) in [5.41, 5.74) is -0.176. The van der Waals surface area contributed by atoms with Gasteiger partial charge in [-0.05, 0) is 50.7 Å². The first-order valence-corrected chi connectivity index (χ1v) is 9.19. The predicted octanol–water partition coefficient (Wildman–Crippen LogP) is 3.09. The van der Waals surface area contributed by atoms with Crippen LogP contribution in [0.4, 0.5) is 4.79 Å². The summed E-state index contributed by atoms with van der Waals surface area (Å²) < 4.78 is 21.1. The van der Waals surface area contributed by atoms with E-state index in [0.717, 1.165) is 16.7 Å². The third-order valence-electron chi connectivity index (χ3n) is 3.60. The molecule has 0 N–H and O–H groups in total. The minimum absolute atomic E-state index is 0.166. The molecule has 9 heteroatoms. The number of amides is 2. The van der Waals surface area contributed by atoms with Crippen LogP contribution in [0.5, 0.6) is 17.2 Å². The van der Waals surface area contributed by atoms with Crippen LogP contribution in [0.2, 0.25) is 0 Å². The Morgan fingerprint density at radius 1 is 1.07 bits per heavy atom. The number of carbonyl (C=O) groups excluding carboxylic acids is 3. The monoisotopic (exact) mass is 409 g/mol. The SMILES string of the molecule is COc1ccc(C=C2SC(=O)N(CC(=O)OC(C)(C)C)C2=O)c(OC)c1OC. The van der Waals surface area contributed by atoms with Gasteiger partial charge in [-0.1, -0.05) is 0 Å². The number of benzene rings is 1. The fourth-order valence-electron chi connectivity index (χ4n) is 2.52. The molecule has 2 rings (SSSR count). The zero-order valence-corrected chi connectivity index (χ0v) is 17.5. The summed E-state index contributed by atoms with van der Waals surface area (Å²) in [4.78, 5) is 37.8. The fourth-order valence-corrected chi connectivity index (χ4v) is 3.35. The second-order valence-corrected chi connectivity index (χ2v) is 7.77. The van der Waals surface area contributed by atoms with Gasteiger partial charge in [-0.25, -0.2) is 0 Å². The summed E-state index contributed by atoms with van der Waals surface area (Å²) in [5.74, 6) is -0.0282. The Balaban J connectivity index is 2.30. The standard InChI is InChI=1S/C19H23NO7S/c1-19(2,3)27-14(21)10-20-17(22)13(28-18(20)23)9-11-7-8-12(24-4)16(26-6)15(11)25-5/h7-9H,10H2,1-6H3. The second-order valence-electron chi connectivity index (χ2n) is 6.78. The minimum Gasteiger partial charge on any atom is -0.493 e. The number of thioether (sulfide) groups is 1. The largest absolute Gasteiger partial charge is 0.493 e. The molecule has 1 aromatic rings. The Kier molecular flexibility index (Phi) is 6.60. The van der Waals surface area contributed by atoms with Crippen LogP contribution < -0.4 is 14.2 Å². The first-order valence-electron chi connectivity index (χ1n) is 8.37. The van der Waals surface area contributed by atoms with Gasteiger partial charge in [-0.15, -0.1) is 0 Å². The maximum absolute atomic E-state index is 12.6. The first-order chi connectivity index (χ1) is 13.1. The number of nitrogens with zero attached hydrogens (tertiary/aromatic N) is 1. The van der Waals surface area contributed by atoms with E-state index in [-0.39, 0.29) is 4.91 Å². The molecule has 1 heterocycles. The lowest BCUT2D eigenvalue weighted by Gasteiger charge is -2.21. The molecule has 0 radical (unpaired) electrons. The number of hydrogen-bond acceptors (Lipinski definition) is 8. The maximum atomic E-state index is 12.6. The minimum atomic E-state index is -0.707. The molecular weight excluding hydrogens is 386 g/mol. The summed E-state index contributed by atoms with van der Waals surface area (Å²) in [7, 11) is 4.43. The summed E-state index contributed by atoms with van der Waals surface area (Å²) in [6.07, 6.45) is 1.51. The molecule has 0 aromatic heterocycles. The van der Waals surface area contributed by atoms with Crippen molar-refractivity contribution >= 4 is 35.0 Å². The van der Waals surface area contributed by atoms with E-state index in [1.54, 1.807) is 32.9 Å². The smallest absolute Gasteiger partial charge is 0.326 e. The van der Waals surface area contributed by atoms with Crippen molar-refractivity contribution in [3.05, 3.63) is 22.6 Å². The number of rotatable bonds is 6. The molecule has 8 nitrogen and oxygen atoms in total. The molecule has 0 atom stereocenters. The van der Waals surface area contributed by atoms with Crippen molar-refractivity contribution in [3.8, 4) is 17.2 Å². The Bertz CT molecular complexity index is 826. The molecule has 0 bridgehead atoms. The van der Waals surface area contributed by atoms with Crippen LogP contribution in [0.15, 0.2) is 17.0 Å². The molecule has 152 valence electrons. The van der Waals surface area contributed by atoms with E-state index in [2.05, 4.69) is 0 Å². The van der Waals surface area contributed by atoms with Crippen molar-refractivity contribution in [1.82, 2.24) is 4.90 Å². The lowest BCUT2D eigenvalue weighted by molar-refractivity contribution is -0.156. The van der Waals surface area contributed by atoms with Crippen molar-refractivity contribution in [2.24, 2.45) is 0 Å². The van der Waals surface area contributed by atoms with Crippen molar-refractivity contribution in [1.29, 1.82) is 0 Å². The van der Waals surface area contributed by atoms with Gasteiger partial charge in [0.15, 0.2) is 11.5 Å². The predicted molar refractivity (Wildman–Crippen MR) is 105 cm³/mol. The van der Waals surface area contributed by atoms with E-state index < -0.39 is 29.3 Å². The Morgan fingerprint density at radius 3 is 2.25 bits per heavy atom. The van der Waals surface area contributed by atoms with Gasteiger partial charge in [0.25, 0.3) is 11.1 Å². The summed E-state index contributed by atoms with van der Waals surface area (Å²) >= 11 is 0.742. The number of carbonyl (C=O) groups is 3. The molecule has 1 aliphatic heterocycles. The number of imide groups is 1. The maximum Gasteiger partial charge on any atom is 0.326 e.